The molecular formula is C12H15F4NO. The number of rotatable bonds is 5. The molecule has 6 heteroatoms. The highest BCUT2D eigenvalue weighted by molar-refractivity contribution is 5.48. The van der Waals surface area contributed by atoms with Gasteiger partial charge in [0.25, 0.3) is 0 Å². The van der Waals surface area contributed by atoms with Crippen LogP contribution in [0, 0.1) is 11.7 Å². The predicted octanol–water partition coefficient (Wildman–Crippen LogP) is 3.54. The standard InChI is InChI=1S/C12H15F4NO/c1-8(7-18-2)6-17-11-5-9(12(14,15)16)3-4-10(11)13/h3-5,8,17H,6-7H2,1-2H3. The maximum Gasteiger partial charge on any atom is 0.416 e. The summed E-state index contributed by atoms with van der Waals surface area (Å²) in [6.07, 6.45) is -4.47. The monoisotopic (exact) mass is 265 g/mol. The first-order valence-corrected chi connectivity index (χ1v) is 5.44. The molecule has 1 atom stereocenters. The van der Waals surface area contributed by atoms with E-state index in [1.54, 1.807) is 0 Å². The highest BCUT2D eigenvalue weighted by Gasteiger charge is 2.31. The third kappa shape index (κ3) is 4.18. The van der Waals surface area contributed by atoms with Crippen molar-refractivity contribution in [3.05, 3.63) is 29.6 Å². The maximum atomic E-state index is 13.3. The second-order valence-electron chi connectivity index (χ2n) is 4.13. The average Bonchev–Trinajstić information content (AvgIpc) is 2.26. The first-order chi connectivity index (χ1) is 8.34. The van der Waals surface area contributed by atoms with E-state index in [-0.39, 0.29) is 11.6 Å². The van der Waals surface area contributed by atoms with Crippen LogP contribution in [-0.2, 0) is 10.9 Å². The van der Waals surface area contributed by atoms with Crippen molar-refractivity contribution in [3.8, 4) is 0 Å². The molecule has 18 heavy (non-hydrogen) atoms. The highest BCUT2D eigenvalue weighted by Crippen LogP contribution is 2.31. The van der Waals surface area contributed by atoms with Crippen LogP contribution >= 0.6 is 0 Å². The molecule has 102 valence electrons. The highest BCUT2D eigenvalue weighted by atomic mass is 19.4. The van der Waals surface area contributed by atoms with Gasteiger partial charge in [-0.2, -0.15) is 13.2 Å². The molecule has 0 aromatic heterocycles. The molecule has 0 saturated carbocycles. The Labute approximate surface area is 103 Å². The van der Waals surface area contributed by atoms with Crippen LogP contribution in [0.3, 0.4) is 0 Å². The van der Waals surface area contributed by atoms with Gasteiger partial charge < -0.3 is 10.1 Å². The van der Waals surface area contributed by atoms with Crippen LogP contribution in [-0.4, -0.2) is 20.3 Å². The van der Waals surface area contributed by atoms with Gasteiger partial charge in [-0.3, -0.25) is 0 Å². The molecule has 1 aromatic rings. The summed E-state index contributed by atoms with van der Waals surface area (Å²) in [5.41, 5.74) is -1.02. The van der Waals surface area contributed by atoms with Gasteiger partial charge in [-0.25, -0.2) is 4.39 Å². The summed E-state index contributed by atoms with van der Waals surface area (Å²) in [7, 11) is 1.53. The Morgan fingerprint density at radius 2 is 2.00 bits per heavy atom. The van der Waals surface area contributed by atoms with Crippen LogP contribution in [0.4, 0.5) is 23.2 Å². The lowest BCUT2D eigenvalue weighted by molar-refractivity contribution is -0.137. The zero-order valence-electron chi connectivity index (χ0n) is 10.1. The minimum atomic E-state index is -4.47. The number of halogens is 4. The van der Waals surface area contributed by atoms with Crippen LogP contribution in [0.15, 0.2) is 18.2 Å². The summed E-state index contributed by atoms with van der Waals surface area (Å²) in [5, 5.41) is 2.66. The van der Waals surface area contributed by atoms with Gasteiger partial charge >= 0.3 is 6.18 Å². The van der Waals surface area contributed by atoms with E-state index in [4.69, 9.17) is 4.74 Å². The molecule has 0 fully saturated rings. The van der Waals surface area contributed by atoms with Crippen molar-refractivity contribution in [1.29, 1.82) is 0 Å². The quantitative estimate of drug-likeness (QED) is 0.822. The molecule has 1 aromatic carbocycles. The van der Waals surface area contributed by atoms with Crippen molar-refractivity contribution in [3.63, 3.8) is 0 Å². The van der Waals surface area contributed by atoms with E-state index in [1.807, 2.05) is 6.92 Å². The summed E-state index contributed by atoms with van der Waals surface area (Å²) in [6, 6.07) is 2.31. The van der Waals surface area contributed by atoms with E-state index in [0.717, 1.165) is 18.2 Å². The Balaban J connectivity index is 2.76. The normalized spacial score (nSPS) is 13.4. The second-order valence-corrected chi connectivity index (χ2v) is 4.13. The lowest BCUT2D eigenvalue weighted by Crippen LogP contribution is -2.17. The van der Waals surface area contributed by atoms with Crippen LogP contribution in [0.25, 0.3) is 0 Å². The van der Waals surface area contributed by atoms with Crippen molar-refractivity contribution >= 4 is 5.69 Å². The first kappa shape index (κ1) is 14.8. The van der Waals surface area contributed by atoms with Crippen LogP contribution < -0.4 is 5.32 Å². The van der Waals surface area contributed by atoms with E-state index >= 15 is 0 Å². The average molecular weight is 265 g/mol. The van der Waals surface area contributed by atoms with Crippen molar-refractivity contribution in [2.45, 2.75) is 13.1 Å². The zero-order chi connectivity index (χ0) is 13.8. The molecule has 2 nitrogen and oxygen atoms in total. The van der Waals surface area contributed by atoms with Crippen LogP contribution in [0.5, 0.6) is 0 Å². The number of nitrogens with one attached hydrogen (secondary N) is 1. The van der Waals surface area contributed by atoms with E-state index < -0.39 is 17.6 Å². The molecule has 0 amide bonds. The number of hydrogen-bond acceptors (Lipinski definition) is 2. The van der Waals surface area contributed by atoms with E-state index in [0.29, 0.717) is 13.2 Å². The Bertz CT molecular complexity index is 392. The Kier molecular flexibility index (Phi) is 4.95. The van der Waals surface area contributed by atoms with E-state index in [1.165, 1.54) is 7.11 Å². The van der Waals surface area contributed by atoms with Crippen molar-refractivity contribution in [2.75, 3.05) is 25.6 Å². The molecule has 0 spiro atoms. The smallest absolute Gasteiger partial charge is 0.384 e. The molecule has 1 rings (SSSR count). The second kappa shape index (κ2) is 6.04. The molecule has 0 aliphatic carbocycles. The minimum absolute atomic E-state index is 0.0731. The molecule has 0 radical (unpaired) electrons. The van der Waals surface area contributed by atoms with Crippen molar-refractivity contribution in [2.24, 2.45) is 5.92 Å². The lowest BCUT2D eigenvalue weighted by atomic mass is 10.1. The zero-order valence-corrected chi connectivity index (χ0v) is 10.1. The summed E-state index contributed by atoms with van der Waals surface area (Å²) < 4.78 is 55.6. The Hall–Kier alpha value is -1.30. The number of methoxy groups -OCH3 is 1. The molecular weight excluding hydrogens is 250 g/mol. The molecule has 0 heterocycles. The molecule has 0 bridgehead atoms. The van der Waals surface area contributed by atoms with Gasteiger partial charge in [0.2, 0.25) is 0 Å². The van der Waals surface area contributed by atoms with Gasteiger partial charge in [-0.1, -0.05) is 6.92 Å². The number of hydrogen-bond donors (Lipinski definition) is 1. The molecule has 0 aliphatic rings. The molecule has 0 aliphatic heterocycles. The van der Waals surface area contributed by atoms with E-state index in [2.05, 4.69) is 5.32 Å². The Morgan fingerprint density at radius 1 is 1.33 bits per heavy atom. The van der Waals surface area contributed by atoms with Gasteiger partial charge in [0.05, 0.1) is 17.9 Å². The fourth-order valence-corrected chi connectivity index (χ4v) is 1.46. The van der Waals surface area contributed by atoms with Crippen molar-refractivity contribution < 1.29 is 22.3 Å². The Morgan fingerprint density at radius 3 is 2.56 bits per heavy atom. The third-order valence-corrected chi connectivity index (χ3v) is 2.39. The molecule has 0 saturated heterocycles. The van der Waals surface area contributed by atoms with Gasteiger partial charge in [0.15, 0.2) is 0 Å². The van der Waals surface area contributed by atoms with Crippen molar-refractivity contribution in [1.82, 2.24) is 0 Å². The van der Waals surface area contributed by atoms with Gasteiger partial charge in [0, 0.05) is 13.7 Å². The predicted molar refractivity (Wildman–Crippen MR) is 60.9 cm³/mol. The molecule has 1 unspecified atom stereocenters. The van der Waals surface area contributed by atoms with E-state index in [9.17, 15) is 17.6 Å². The summed E-state index contributed by atoms with van der Waals surface area (Å²) >= 11 is 0. The third-order valence-electron chi connectivity index (χ3n) is 2.39. The van der Waals surface area contributed by atoms with Crippen LogP contribution in [0.2, 0.25) is 0 Å². The van der Waals surface area contributed by atoms with Crippen LogP contribution in [0.1, 0.15) is 12.5 Å². The van der Waals surface area contributed by atoms with Gasteiger partial charge in [0.1, 0.15) is 5.82 Å². The number of anilines is 1. The fourth-order valence-electron chi connectivity index (χ4n) is 1.46. The minimum Gasteiger partial charge on any atom is -0.384 e. The summed E-state index contributed by atoms with van der Waals surface area (Å²) in [6.45, 7) is 2.64. The number of ether oxygens (including phenoxy) is 1. The number of alkyl halides is 3. The summed E-state index contributed by atoms with van der Waals surface area (Å²) in [5.74, 6) is -0.628. The van der Waals surface area contributed by atoms with Gasteiger partial charge in [-0.15, -0.1) is 0 Å². The first-order valence-electron chi connectivity index (χ1n) is 5.44. The topological polar surface area (TPSA) is 21.3 Å². The maximum absolute atomic E-state index is 13.3. The molecule has 1 N–H and O–H groups in total. The largest absolute Gasteiger partial charge is 0.416 e. The fraction of sp³-hybridized carbons (Fsp3) is 0.500. The SMILES string of the molecule is COCC(C)CNc1cc(C(F)(F)F)ccc1F. The van der Waals surface area contributed by atoms with Gasteiger partial charge in [-0.05, 0) is 24.1 Å². The number of benzene rings is 1. The summed E-state index contributed by atoms with van der Waals surface area (Å²) in [4.78, 5) is 0. The lowest BCUT2D eigenvalue weighted by Gasteiger charge is -2.14.